The molecule has 7 heteroatoms. The second kappa shape index (κ2) is 9.73. The van der Waals surface area contributed by atoms with Crippen molar-refractivity contribution in [1.29, 1.82) is 0 Å². The molecule has 7 nitrogen and oxygen atoms in total. The summed E-state index contributed by atoms with van der Waals surface area (Å²) < 4.78 is 0. The van der Waals surface area contributed by atoms with E-state index in [0.29, 0.717) is 36.4 Å². The van der Waals surface area contributed by atoms with E-state index in [9.17, 15) is 14.4 Å². The Hall–Kier alpha value is -3.35. The molecular weight excluding hydrogens is 368 g/mol. The summed E-state index contributed by atoms with van der Waals surface area (Å²) in [5.41, 5.74) is 1.82. The van der Waals surface area contributed by atoms with E-state index in [-0.39, 0.29) is 17.8 Å². The highest BCUT2D eigenvalue weighted by molar-refractivity contribution is 6.01. The molecule has 0 unspecified atom stereocenters. The molecule has 0 aliphatic carbocycles. The molecule has 3 N–H and O–H groups in total. The molecule has 1 atom stereocenters. The molecule has 152 valence electrons. The van der Waals surface area contributed by atoms with Gasteiger partial charge in [0.25, 0.3) is 0 Å². The van der Waals surface area contributed by atoms with E-state index in [1.165, 1.54) is 0 Å². The van der Waals surface area contributed by atoms with Crippen LogP contribution in [0.4, 0.5) is 21.9 Å². The number of benzene rings is 2. The van der Waals surface area contributed by atoms with E-state index in [4.69, 9.17) is 0 Å². The molecule has 0 aromatic heterocycles. The Bertz CT molecular complexity index is 869. The van der Waals surface area contributed by atoms with Gasteiger partial charge in [0.15, 0.2) is 0 Å². The summed E-state index contributed by atoms with van der Waals surface area (Å²) in [4.78, 5) is 38.8. The lowest BCUT2D eigenvalue weighted by molar-refractivity contribution is -0.140. The van der Waals surface area contributed by atoms with Crippen LogP contribution in [0, 0.1) is 0 Å². The van der Waals surface area contributed by atoms with Crippen molar-refractivity contribution >= 4 is 34.9 Å². The molecule has 3 rings (SSSR count). The van der Waals surface area contributed by atoms with Crippen LogP contribution in [0.15, 0.2) is 54.6 Å². The Kier molecular flexibility index (Phi) is 6.84. The number of amides is 4. The third-order valence-electron chi connectivity index (χ3n) is 4.85. The highest BCUT2D eigenvalue weighted by atomic mass is 16.2. The maximum Gasteiger partial charge on any atom is 0.323 e. The molecule has 1 aliphatic rings. The smallest absolute Gasteiger partial charge is 0.323 e. The van der Waals surface area contributed by atoms with Gasteiger partial charge in [0, 0.05) is 30.0 Å². The summed E-state index contributed by atoms with van der Waals surface area (Å²) in [6, 6.07) is 15.3. The Morgan fingerprint density at radius 1 is 0.897 bits per heavy atom. The van der Waals surface area contributed by atoms with Crippen molar-refractivity contribution in [2.24, 2.45) is 0 Å². The van der Waals surface area contributed by atoms with E-state index in [1.54, 1.807) is 41.3 Å². The van der Waals surface area contributed by atoms with Crippen LogP contribution in [-0.4, -0.2) is 35.3 Å². The van der Waals surface area contributed by atoms with E-state index in [0.717, 1.165) is 12.8 Å². The standard InChI is InChI=1S/C22H26N4O3/c1-2-20(27)26-14-7-6-13-19(26)21(28)23-17-11-8-12-18(15-17)25-22(29)24-16-9-4-3-5-10-16/h3-5,8-12,15,19H,2,6-7,13-14H2,1H3,(H,23,28)(H2,24,25,29)/t19-/m0/s1. The number of anilines is 3. The van der Waals surface area contributed by atoms with Crippen LogP contribution in [0.1, 0.15) is 32.6 Å². The molecule has 0 bridgehead atoms. The average molecular weight is 394 g/mol. The van der Waals surface area contributed by atoms with Gasteiger partial charge in [-0.3, -0.25) is 9.59 Å². The molecule has 0 saturated carbocycles. The fourth-order valence-electron chi connectivity index (χ4n) is 3.42. The number of para-hydroxylation sites is 1. The number of rotatable bonds is 5. The Morgan fingerprint density at radius 2 is 1.55 bits per heavy atom. The highest BCUT2D eigenvalue weighted by Gasteiger charge is 2.31. The quantitative estimate of drug-likeness (QED) is 0.714. The van der Waals surface area contributed by atoms with Gasteiger partial charge in [-0.15, -0.1) is 0 Å². The summed E-state index contributed by atoms with van der Waals surface area (Å²) in [5, 5.41) is 8.38. The lowest BCUT2D eigenvalue weighted by Gasteiger charge is -2.34. The molecule has 29 heavy (non-hydrogen) atoms. The first-order chi connectivity index (χ1) is 14.1. The number of carbonyl (C=O) groups excluding carboxylic acids is 3. The normalized spacial score (nSPS) is 16.0. The van der Waals surface area contributed by atoms with Gasteiger partial charge in [-0.2, -0.15) is 0 Å². The van der Waals surface area contributed by atoms with Crippen molar-refractivity contribution in [2.75, 3.05) is 22.5 Å². The average Bonchev–Trinajstić information content (AvgIpc) is 2.74. The third kappa shape index (κ3) is 5.57. The summed E-state index contributed by atoms with van der Waals surface area (Å²) in [6.45, 7) is 2.42. The number of hydrogen-bond donors (Lipinski definition) is 3. The molecule has 0 radical (unpaired) electrons. The van der Waals surface area contributed by atoms with Gasteiger partial charge in [-0.1, -0.05) is 31.2 Å². The SMILES string of the molecule is CCC(=O)N1CCCC[C@H]1C(=O)Nc1cccc(NC(=O)Nc2ccccc2)c1. The summed E-state index contributed by atoms with van der Waals surface area (Å²) in [7, 11) is 0. The monoisotopic (exact) mass is 394 g/mol. The number of urea groups is 1. The van der Waals surface area contributed by atoms with Crippen molar-refractivity contribution in [2.45, 2.75) is 38.6 Å². The van der Waals surface area contributed by atoms with Crippen LogP contribution in [0.3, 0.4) is 0 Å². The second-order valence-electron chi connectivity index (χ2n) is 6.97. The minimum absolute atomic E-state index is 0.00199. The van der Waals surface area contributed by atoms with Crippen LogP contribution in [0.25, 0.3) is 0 Å². The fraction of sp³-hybridized carbons (Fsp3) is 0.318. The van der Waals surface area contributed by atoms with Gasteiger partial charge in [0.05, 0.1) is 0 Å². The highest BCUT2D eigenvalue weighted by Crippen LogP contribution is 2.21. The maximum atomic E-state index is 12.8. The summed E-state index contributed by atoms with van der Waals surface area (Å²) in [6.07, 6.45) is 2.90. The molecule has 1 heterocycles. The van der Waals surface area contributed by atoms with E-state index in [1.807, 2.05) is 25.1 Å². The number of carbonyl (C=O) groups is 3. The number of likely N-dealkylation sites (tertiary alicyclic amines) is 1. The van der Waals surface area contributed by atoms with Crippen LogP contribution in [0.5, 0.6) is 0 Å². The van der Waals surface area contributed by atoms with Gasteiger partial charge in [0.2, 0.25) is 11.8 Å². The minimum atomic E-state index is -0.450. The first-order valence-corrected chi connectivity index (χ1v) is 9.90. The molecule has 2 aromatic rings. The van der Waals surface area contributed by atoms with Crippen molar-refractivity contribution in [1.82, 2.24) is 4.90 Å². The van der Waals surface area contributed by atoms with Crippen molar-refractivity contribution in [3.05, 3.63) is 54.6 Å². The summed E-state index contributed by atoms with van der Waals surface area (Å²) in [5.74, 6) is -0.199. The van der Waals surface area contributed by atoms with Crippen LogP contribution < -0.4 is 16.0 Å². The van der Waals surface area contributed by atoms with Crippen molar-refractivity contribution < 1.29 is 14.4 Å². The zero-order valence-electron chi connectivity index (χ0n) is 16.5. The summed E-state index contributed by atoms with van der Waals surface area (Å²) >= 11 is 0. The largest absolute Gasteiger partial charge is 0.331 e. The van der Waals surface area contributed by atoms with Crippen molar-refractivity contribution in [3.63, 3.8) is 0 Å². The van der Waals surface area contributed by atoms with Crippen LogP contribution in [-0.2, 0) is 9.59 Å². The number of nitrogens with zero attached hydrogens (tertiary/aromatic N) is 1. The predicted molar refractivity (Wildman–Crippen MR) is 114 cm³/mol. The topological polar surface area (TPSA) is 90.5 Å². The van der Waals surface area contributed by atoms with Gasteiger partial charge in [-0.05, 0) is 49.6 Å². The van der Waals surface area contributed by atoms with E-state index in [2.05, 4.69) is 16.0 Å². The Balaban J connectivity index is 1.62. The van der Waals surface area contributed by atoms with Gasteiger partial charge in [0.1, 0.15) is 6.04 Å². The predicted octanol–water partition coefficient (Wildman–Crippen LogP) is 4.06. The molecule has 0 spiro atoms. The Morgan fingerprint density at radius 3 is 2.28 bits per heavy atom. The van der Waals surface area contributed by atoms with E-state index < -0.39 is 6.04 Å². The van der Waals surface area contributed by atoms with Gasteiger partial charge in [-0.25, -0.2) is 4.79 Å². The van der Waals surface area contributed by atoms with E-state index >= 15 is 0 Å². The Labute approximate surface area is 170 Å². The van der Waals surface area contributed by atoms with Gasteiger partial charge >= 0.3 is 6.03 Å². The molecule has 1 aliphatic heterocycles. The fourth-order valence-corrected chi connectivity index (χ4v) is 3.42. The van der Waals surface area contributed by atoms with Crippen LogP contribution >= 0.6 is 0 Å². The molecule has 1 saturated heterocycles. The van der Waals surface area contributed by atoms with Crippen LogP contribution in [0.2, 0.25) is 0 Å². The molecule has 4 amide bonds. The molecule has 2 aromatic carbocycles. The minimum Gasteiger partial charge on any atom is -0.331 e. The number of hydrogen-bond acceptors (Lipinski definition) is 3. The first kappa shape index (κ1) is 20.4. The second-order valence-corrected chi connectivity index (χ2v) is 6.97. The zero-order valence-corrected chi connectivity index (χ0v) is 16.5. The molecular formula is C22H26N4O3. The third-order valence-corrected chi connectivity index (χ3v) is 4.85. The van der Waals surface area contributed by atoms with Gasteiger partial charge < -0.3 is 20.9 Å². The van der Waals surface area contributed by atoms with Crippen molar-refractivity contribution in [3.8, 4) is 0 Å². The number of nitrogens with one attached hydrogen (secondary N) is 3. The zero-order chi connectivity index (χ0) is 20.6. The lowest BCUT2D eigenvalue weighted by Crippen LogP contribution is -2.49. The lowest BCUT2D eigenvalue weighted by atomic mass is 10.0. The molecule has 1 fully saturated rings. The maximum absolute atomic E-state index is 12.8. The first-order valence-electron chi connectivity index (χ1n) is 9.90. The number of piperidine rings is 1.